The number of hydrogen-bond acceptors (Lipinski definition) is 2. The van der Waals surface area contributed by atoms with Crippen LogP contribution in [0.15, 0.2) is 6.20 Å². The minimum Gasteiger partial charge on any atom is -0.504 e. The molecule has 1 aromatic rings. The average Bonchev–Trinajstić information content (AvgIpc) is 2.41. The Labute approximate surface area is 85.8 Å². The van der Waals surface area contributed by atoms with Gasteiger partial charge in [0.05, 0.1) is 6.20 Å². The third kappa shape index (κ3) is 3.05. The van der Waals surface area contributed by atoms with Crippen molar-refractivity contribution in [2.75, 3.05) is 0 Å². The molecule has 0 aromatic carbocycles. The summed E-state index contributed by atoms with van der Waals surface area (Å²) in [6.45, 7) is 7.30. The van der Waals surface area contributed by atoms with Crippen LogP contribution in [0.2, 0.25) is 0 Å². The molecule has 3 nitrogen and oxygen atoms in total. The second kappa shape index (κ2) is 5.03. The summed E-state index contributed by atoms with van der Waals surface area (Å²) in [6, 6.07) is 0. The summed E-state index contributed by atoms with van der Waals surface area (Å²) >= 11 is 0. The summed E-state index contributed by atoms with van der Waals surface area (Å²) in [4.78, 5) is 0. The molecule has 0 aliphatic carbocycles. The molecule has 1 N–H and O–H groups in total. The molecule has 1 rings (SSSR count). The van der Waals surface area contributed by atoms with E-state index in [2.05, 4.69) is 25.9 Å². The van der Waals surface area contributed by atoms with Crippen molar-refractivity contribution in [2.45, 2.75) is 46.6 Å². The van der Waals surface area contributed by atoms with Crippen molar-refractivity contribution >= 4 is 0 Å². The van der Waals surface area contributed by atoms with Gasteiger partial charge in [0.25, 0.3) is 0 Å². The highest BCUT2D eigenvalue weighted by Gasteiger charge is 2.07. The number of hydrogen-bond donors (Lipinski definition) is 1. The van der Waals surface area contributed by atoms with E-state index in [0.717, 1.165) is 31.5 Å². The first kappa shape index (κ1) is 11.1. The molecule has 1 aromatic heterocycles. The molecule has 0 unspecified atom stereocenters. The van der Waals surface area contributed by atoms with Crippen molar-refractivity contribution in [3.8, 4) is 5.75 Å². The van der Waals surface area contributed by atoms with Crippen LogP contribution < -0.4 is 0 Å². The zero-order valence-electron chi connectivity index (χ0n) is 9.32. The Balaban J connectivity index is 2.62. The van der Waals surface area contributed by atoms with Crippen LogP contribution in [0.3, 0.4) is 0 Å². The van der Waals surface area contributed by atoms with Gasteiger partial charge in [0.1, 0.15) is 5.69 Å². The fourth-order valence-corrected chi connectivity index (χ4v) is 1.44. The van der Waals surface area contributed by atoms with Crippen molar-refractivity contribution in [1.82, 2.24) is 9.78 Å². The number of nitrogens with zero attached hydrogens (tertiary/aromatic N) is 2. The molecule has 3 heteroatoms. The van der Waals surface area contributed by atoms with Gasteiger partial charge < -0.3 is 5.11 Å². The Morgan fingerprint density at radius 1 is 1.50 bits per heavy atom. The molecule has 0 saturated heterocycles. The molecule has 0 fully saturated rings. The first-order valence-electron chi connectivity index (χ1n) is 5.38. The Morgan fingerprint density at radius 3 is 2.79 bits per heavy atom. The minimum absolute atomic E-state index is 0.346. The molecule has 0 aliphatic heterocycles. The lowest BCUT2D eigenvalue weighted by Gasteiger charge is -2.03. The van der Waals surface area contributed by atoms with E-state index in [1.807, 2.05) is 4.68 Å². The number of unbranched alkanes of at least 4 members (excludes halogenated alkanes) is 1. The predicted octanol–water partition coefficient (Wildman–Crippen LogP) is 2.59. The van der Waals surface area contributed by atoms with Gasteiger partial charge in [-0.1, -0.05) is 27.2 Å². The van der Waals surface area contributed by atoms with E-state index in [-0.39, 0.29) is 0 Å². The van der Waals surface area contributed by atoms with Crippen molar-refractivity contribution in [2.24, 2.45) is 5.92 Å². The predicted molar refractivity (Wildman–Crippen MR) is 57.3 cm³/mol. The lowest BCUT2D eigenvalue weighted by molar-refractivity contribution is 0.461. The van der Waals surface area contributed by atoms with Crippen LogP contribution in [0.5, 0.6) is 5.75 Å². The molecule has 0 spiro atoms. The molecule has 14 heavy (non-hydrogen) atoms. The minimum atomic E-state index is 0.346. The van der Waals surface area contributed by atoms with Crippen molar-refractivity contribution in [3.63, 3.8) is 0 Å². The SMILES string of the molecule is CCCCc1nn(CC(C)C)cc1O. The zero-order valence-corrected chi connectivity index (χ0v) is 9.32. The van der Waals surface area contributed by atoms with Crippen molar-refractivity contribution in [1.29, 1.82) is 0 Å². The molecule has 0 aliphatic rings. The van der Waals surface area contributed by atoms with Crippen molar-refractivity contribution < 1.29 is 5.11 Å². The second-order valence-electron chi connectivity index (χ2n) is 4.18. The van der Waals surface area contributed by atoms with Gasteiger partial charge in [-0.25, -0.2) is 0 Å². The number of aromatic hydroxyl groups is 1. The average molecular weight is 196 g/mol. The highest BCUT2D eigenvalue weighted by Crippen LogP contribution is 2.17. The van der Waals surface area contributed by atoms with E-state index in [9.17, 15) is 5.11 Å². The summed E-state index contributed by atoms with van der Waals surface area (Å²) in [5.41, 5.74) is 0.840. The van der Waals surface area contributed by atoms with Crippen LogP contribution >= 0.6 is 0 Å². The molecule has 80 valence electrons. The largest absolute Gasteiger partial charge is 0.504 e. The fourth-order valence-electron chi connectivity index (χ4n) is 1.44. The quantitative estimate of drug-likeness (QED) is 0.786. The van der Waals surface area contributed by atoms with Gasteiger partial charge >= 0.3 is 0 Å². The van der Waals surface area contributed by atoms with Gasteiger partial charge in [-0.3, -0.25) is 4.68 Å². The molecular weight excluding hydrogens is 176 g/mol. The molecule has 0 amide bonds. The maximum Gasteiger partial charge on any atom is 0.156 e. The van der Waals surface area contributed by atoms with Gasteiger partial charge in [-0.15, -0.1) is 0 Å². The molecule has 0 atom stereocenters. The van der Waals surface area contributed by atoms with E-state index < -0.39 is 0 Å². The number of aromatic nitrogens is 2. The summed E-state index contributed by atoms with van der Waals surface area (Å²) < 4.78 is 1.84. The molecule has 0 saturated carbocycles. The second-order valence-corrected chi connectivity index (χ2v) is 4.18. The topological polar surface area (TPSA) is 38.0 Å². The maximum atomic E-state index is 9.59. The fraction of sp³-hybridized carbons (Fsp3) is 0.727. The van der Waals surface area contributed by atoms with Crippen LogP contribution in [0.4, 0.5) is 0 Å². The Kier molecular flexibility index (Phi) is 3.98. The van der Waals surface area contributed by atoms with E-state index in [1.54, 1.807) is 6.20 Å². The van der Waals surface area contributed by atoms with E-state index in [0.29, 0.717) is 11.7 Å². The smallest absolute Gasteiger partial charge is 0.156 e. The lowest BCUT2D eigenvalue weighted by atomic mass is 10.2. The summed E-state index contributed by atoms with van der Waals surface area (Å²) in [6.07, 6.45) is 4.83. The first-order chi connectivity index (χ1) is 6.63. The molecule has 0 radical (unpaired) electrons. The molecule has 1 heterocycles. The van der Waals surface area contributed by atoms with E-state index >= 15 is 0 Å². The lowest BCUT2D eigenvalue weighted by Crippen LogP contribution is -2.05. The van der Waals surface area contributed by atoms with Crippen LogP contribution in [0.25, 0.3) is 0 Å². The molecular formula is C11H20N2O. The van der Waals surface area contributed by atoms with Crippen LogP contribution in [0.1, 0.15) is 39.3 Å². The summed E-state index contributed by atoms with van der Waals surface area (Å²) in [5, 5.41) is 13.9. The monoisotopic (exact) mass is 196 g/mol. The zero-order chi connectivity index (χ0) is 10.6. The van der Waals surface area contributed by atoms with Crippen LogP contribution in [-0.2, 0) is 13.0 Å². The van der Waals surface area contributed by atoms with Gasteiger partial charge in [-0.05, 0) is 18.8 Å². The van der Waals surface area contributed by atoms with Gasteiger partial charge in [0, 0.05) is 6.54 Å². The Bertz CT molecular complexity index is 279. The number of rotatable bonds is 5. The Morgan fingerprint density at radius 2 is 2.21 bits per heavy atom. The normalized spacial score (nSPS) is 11.1. The van der Waals surface area contributed by atoms with Gasteiger partial charge in [0.2, 0.25) is 0 Å². The molecule has 0 bridgehead atoms. The third-order valence-electron chi connectivity index (χ3n) is 2.14. The van der Waals surface area contributed by atoms with Gasteiger partial charge in [0.15, 0.2) is 5.75 Å². The van der Waals surface area contributed by atoms with E-state index in [4.69, 9.17) is 0 Å². The Hall–Kier alpha value is -0.990. The maximum absolute atomic E-state index is 9.59. The standard InChI is InChI=1S/C11H20N2O/c1-4-5-6-10-11(14)8-13(12-10)7-9(2)3/h8-9,14H,4-7H2,1-3H3. The van der Waals surface area contributed by atoms with Gasteiger partial charge in [-0.2, -0.15) is 5.10 Å². The highest BCUT2D eigenvalue weighted by atomic mass is 16.3. The summed E-state index contributed by atoms with van der Waals surface area (Å²) in [7, 11) is 0. The van der Waals surface area contributed by atoms with Crippen LogP contribution in [0, 0.1) is 5.92 Å². The van der Waals surface area contributed by atoms with Crippen LogP contribution in [-0.4, -0.2) is 14.9 Å². The highest BCUT2D eigenvalue weighted by molar-refractivity contribution is 5.22. The third-order valence-corrected chi connectivity index (χ3v) is 2.14. The number of aryl methyl sites for hydroxylation is 1. The first-order valence-corrected chi connectivity index (χ1v) is 5.38. The van der Waals surface area contributed by atoms with E-state index in [1.165, 1.54) is 0 Å². The summed E-state index contributed by atoms with van der Waals surface area (Å²) in [5.74, 6) is 0.910. The van der Waals surface area contributed by atoms with Crippen molar-refractivity contribution in [3.05, 3.63) is 11.9 Å².